The molecular weight excluding hydrogens is 547 g/mol. The number of hydrogen-bond donors (Lipinski definition) is 2. The second kappa shape index (κ2) is 10.7. The molecule has 41 heavy (non-hydrogen) atoms. The summed E-state index contributed by atoms with van der Waals surface area (Å²) in [4.78, 5) is 24.9. The zero-order valence-electron chi connectivity index (χ0n) is 24.0. The molecule has 5 rings (SSSR count). The number of aryl methyl sites for hydroxylation is 1. The van der Waals surface area contributed by atoms with Gasteiger partial charge in [-0.15, -0.1) is 0 Å². The van der Waals surface area contributed by atoms with Crippen LogP contribution in [-0.2, 0) is 4.57 Å². The number of aromatic hydroxyl groups is 1. The van der Waals surface area contributed by atoms with E-state index in [1.54, 1.807) is 19.4 Å². The lowest BCUT2D eigenvalue weighted by Gasteiger charge is -2.35. The molecule has 8 nitrogen and oxygen atoms in total. The number of pyridine rings is 1. The monoisotopic (exact) mass is 581 g/mol. The quantitative estimate of drug-likeness (QED) is 0.323. The van der Waals surface area contributed by atoms with Crippen molar-refractivity contribution in [1.82, 2.24) is 19.9 Å². The zero-order chi connectivity index (χ0) is 29.8. The van der Waals surface area contributed by atoms with E-state index in [9.17, 15) is 18.9 Å². The molecule has 2 aromatic carbocycles. The fourth-order valence-corrected chi connectivity index (χ4v) is 6.40. The molecule has 1 atom stereocenters. The molecule has 216 valence electrons. The number of rotatable bonds is 5. The minimum Gasteiger partial charge on any atom is -0.507 e. The molecule has 0 saturated carbocycles. The van der Waals surface area contributed by atoms with Gasteiger partial charge >= 0.3 is 5.69 Å². The molecule has 0 spiro atoms. The third-order valence-electron chi connectivity index (χ3n) is 7.59. The van der Waals surface area contributed by atoms with E-state index in [4.69, 9.17) is 0 Å². The van der Waals surface area contributed by atoms with Crippen LogP contribution in [0.5, 0.6) is 5.75 Å². The molecule has 0 radical (unpaired) electrons. The van der Waals surface area contributed by atoms with E-state index in [0.717, 1.165) is 11.6 Å². The third kappa shape index (κ3) is 5.15. The summed E-state index contributed by atoms with van der Waals surface area (Å²) in [5.74, 6) is -1.97. The van der Waals surface area contributed by atoms with Gasteiger partial charge in [-0.05, 0) is 74.6 Å². The first-order valence-electron chi connectivity index (χ1n) is 13.6. The van der Waals surface area contributed by atoms with Gasteiger partial charge in [-0.3, -0.25) is 0 Å². The Bertz CT molecular complexity index is 1760. The van der Waals surface area contributed by atoms with E-state index in [1.807, 2.05) is 38.7 Å². The molecule has 0 aliphatic carbocycles. The van der Waals surface area contributed by atoms with E-state index < -0.39 is 41.5 Å². The second-order valence-corrected chi connectivity index (χ2v) is 14.5. The topological polar surface area (TPSA) is 100 Å². The summed E-state index contributed by atoms with van der Waals surface area (Å²) in [6.45, 7) is 12.9. The summed E-state index contributed by atoms with van der Waals surface area (Å²) in [6, 6.07) is 8.49. The lowest BCUT2D eigenvalue weighted by molar-refractivity contribution is 0.470. The number of halogens is 2. The number of fused-ring (bicyclic) bond motifs is 1. The highest BCUT2D eigenvalue weighted by atomic mass is 31.2. The van der Waals surface area contributed by atoms with Crippen molar-refractivity contribution in [1.29, 1.82) is 0 Å². The van der Waals surface area contributed by atoms with Crippen LogP contribution < -0.4 is 21.2 Å². The molecule has 4 aromatic rings. The molecule has 2 N–H and O–H groups in total. The van der Waals surface area contributed by atoms with Crippen molar-refractivity contribution < 1.29 is 18.5 Å². The van der Waals surface area contributed by atoms with E-state index in [2.05, 4.69) is 15.3 Å². The van der Waals surface area contributed by atoms with Gasteiger partial charge in [0.1, 0.15) is 30.2 Å². The Hall–Kier alpha value is -3.62. The first-order valence-corrected chi connectivity index (χ1v) is 16.2. The number of nitrogens with one attached hydrogen (secondary N) is 1. The number of anilines is 1. The molecule has 1 aliphatic rings. The minimum absolute atomic E-state index is 0.0384. The average Bonchev–Trinajstić information content (AvgIpc) is 2.88. The van der Waals surface area contributed by atoms with Crippen LogP contribution in [0.4, 0.5) is 14.6 Å². The maximum absolute atomic E-state index is 15.8. The normalized spacial score (nSPS) is 16.1. The van der Waals surface area contributed by atoms with Crippen LogP contribution in [0.2, 0.25) is 0 Å². The number of aromatic nitrogens is 3. The molecule has 1 fully saturated rings. The largest absolute Gasteiger partial charge is 0.507 e. The maximum Gasteiger partial charge on any atom is 0.355 e. The van der Waals surface area contributed by atoms with Crippen molar-refractivity contribution in [3.8, 4) is 22.7 Å². The van der Waals surface area contributed by atoms with Crippen LogP contribution >= 0.6 is 7.14 Å². The van der Waals surface area contributed by atoms with Crippen molar-refractivity contribution in [2.45, 2.75) is 39.7 Å². The van der Waals surface area contributed by atoms with Crippen molar-refractivity contribution in [2.75, 3.05) is 37.9 Å². The number of benzene rings is 2. The summed E-state index contributed by atoms with van der Waals surface area (Å²) in [5.41, 5.74) is 0.563. The van der Waals surface area contributed by atoms with Crippen molar-refractivity contribution >= 4 is 29.3 Å². The number of hydrogen-bond acceptors (Lipinski definition) is 7. The summed E-state index contributed by atoms with van der Waals surface area (Å²) >= 11 is 0. The van der Waals surface area contributed by atoms with Gasteiger partial charge in [0.25, 0.3) is 0 Å². The van der Waals surface area contributed by atoms with Gasteiger partial charge in [0.15, 0.2) is 11.5 Å². The summed E-state index contributed by atoms with van der Waals surface area (Å²) < 4.78 is 45.1. The SMILES string of the molecule is Cc1cc(P(C)(C)=O)cc(C(C)C)c1-n1c(=O)nc(N2CCNCC2C)c2cc(F)c(-c3c(O)cccc3F)nc21. The van der Waals surface area contributed by atoms with Crippen molar-refractivity contribution in [3.63, 3.8) is 0 Å². The second-order valence-electron chi connectivity index (χ2n) is 11.3. The molecule has 2 aromatic heterocycles. The van der Waals surface area contributed by atoms with E-state index in [0.29, 0.717) is 36.2 Å². The average molecular weight is 582 g/mol. The van der Waals surface area contributed by atoms with Gasteiger partial charge in [-0.1, -0.05) is 19.9 Å². The Morgan fingerprint density at radius 2 is 1.85 bits per heavy atom. The number of nitrogens with zero attached hydrogens (tertiary/aromatic N) is 4. The predicted molar refractivity (Wildman–Crippen MR) is 160 cm³/mol. The van der Waals surface area contributed by atoms with Crippen LogP contribution in [0, 0.1) is 18.6 Å². The van der Waals surface area contributed by atoms with Gasteiger partial charge in [-0.25, -0.2) is 23.1 Å². The van der Waals surface area contributed by atoms with Gasteiger partial charge in [0.05, 0.1) is 16.6 Å². The fraction of sp³-hybridized carbons (Fsp3) is 0.367. The molecule has 1 saturated heterocycles. The summed E-state index contributed by atoms with van der Waals surface area (Å²) in [5, 5.41) is 14.7. The van der Waals surface area contributed by atoms with E-state index >= 15 is 4.39 Å². The highest BCUT2D eigenvalue weighted by Gasteiger charge is 2.28. The molecule has 1 unspecified atom stereocenters. The summed E-state index contributed by atoms with van der Waals surface area (Å²) in [7, 11) is -2.63. The van der Waals surface area contributed by atoms with E-state index in [1.165, 1.54) is 22.8 Å². The molecule has 0 amide bonds. The van der Waals surface area contributed by atoms with Crippen LogP contribution in [0.1, 0.15) is 37.8 Å². The molecular formula is C30H34F2N5O3P. The van der Waals surface area contributed by atoms with Crippen molar-refractivity contribution in [3.05, 3.63) is 69.6 Å². The van der Waals surface area contributed by atoms with Crippen LogP contribution in [0.15, 0.2) is 41.2 Å². The van der Waals surface area contributed by atoms with Gasteiger partial charge in [-0.2, -0.15) is 4.98 Å². The standard InChI is InChI=1S/C30H34F2N5O3P/c1-16(2)20-13-19(41(5,6)40)12-17(3)27(20)37-29-21(28(35-30(37)39)36-11-10-33-15-18(36)4)14-23(32)26(34-29)25-22(31)8-7-9-24(25)38/h7-9,12-14,16,18,33,38H,10-11,15H2,1-6H3. The smallest absolute Gasteiger partial charge is 0.355 e. The molecule has 0 bridgehead atoms. The van der Waals surface area contributed by atoms with Gasteiger partial charge in [0.2, 0.25) is 0 Å². The lowest BCUT2D eigenvalue weighted by Crippen LogP contribution is -2.50. The highest BCUT2D eigenvalue weighted by molar-refractivity contribution is 7.70. The Labute approximate surface area is 237 Å². The van der Waals surface area contributed by atoms with Crippen LogP contribution in [0.3, 0.4) is 0 Å². The fourth-order valence-electron chi connectivity index (χ4n) is 5.45. The lowest BCUT2D eigenvalue weighted by atomic mass is 9.97. The maximum atomic E-state index is 15.8. The van der Waals surface area contributed by atoms with Crippen molar-refractivity contribution in [2.24, 2.45) is 0 Å². The minimum atomic E-state index is -2.63. The third-order valence-corrected chi connectivity index (χ3v) is 9.09. The zero-order valence-corrected chi connectivity index (χ0v) is 24.9. The Morgan fingerprint density at radius 1 is 1.12 bits per heavy atom. The molecule has 11 heteroatoms. The Balaban J connectivity index is 1.93. The summed E-state index contributed by atoms with van der Waals surface area (Å²) in [6.07, 6.45) is 0. The van der Waals surface area contributed by atoms with Gasteiger partial charge < -0.3 is 19.9 Å². The first kappa shape index (κ1) is 28.9. The Kier molecular flexibility index (Phi) is 7.51. The number of phenols is 1. The highest BCUT2D eigenvalue weighted by Crippen LogP contribution is 2.39. The number of piperazine rings is 1. The predicted octanol–water partition coefficient (Wildman–Crippen LogP) is 4.91. The Morgan fingerprint density at radius 3 is 2.49 bits per heavy atom. The van der Waals surface area contributed by atoms with Crippen LogP contribution in [-0.4, -0.2) is 58.6 Å². The number of phenolic OH excluding ortho intramolecular Hbond substituents is 1. The van der Waals surface area contributed by atoms with E-state index in [-0.39, 0.29) is 28.8 Å². The first-order chi connectivity index (χ1) is 19.3. The van der Waals surface area contributed by atoms with Crippen LogP contribution in [0.25, 0.3) is 28.0 Å². The molecule has 3 heterocycles. The van der Waals surface area contributed by atoms with Gasteiger partial charge in [0, 0.05) is 31.0 Å². The molecule has 1 aliphatic heterocycles.